The fraction of sp³-hybridized carbons (Fsp3) is 0.308. The minimum atomic E-state index is -0.431. The number of nitrogens with one attached hydrogen (secondary N) is 1. The number of aromatic amines is 1. The summed E-state index contributed by atoms with van der Waals surface area (Å²) in [5.41, 5.74) is 1.71. The van der Waals surface area contributed by atoms with Gasteiger partial charge < -0.3 is 4.98 Å². The highest BCUT2D eigenvalue weighted by Crippen LogP contribution is 2.27. The monoisotopic (exact) mass is 284 g/mol. The maximum Gasteiger partial charge on any atom is 0.182 e. The Morgan fingerprint density at radius 1 is 1.33 bits per heavy atom. The predicted molar refractivity (Wildman–Crippen MR) is 74.6 cm³/mol. The van der Waals surface area contributed by atoms with E-state index in [1.807, 2.05) is 10.8 Å². The summed E-state index contributed by atoms with van der Waals surface area (Å²) in [6.45, 7) is 6.27. The molecule has 0 saturated heterocycles. The Morgan fingerprint density at radius 3 is 2.56 bits per heavy atom. The van der Waals surface area contributed by atoms with Crippen LogP contribution in [0.2, 0.25) is 5.02 Å². The third-order valence-corrected chi connectivity index (χ3v) is 3.30. The van der Waals surface area contributed by atoms with Crippen LogP contribution in [0, 0.1) is 10.6 Å². The summed E-state index contributed by atoms with van der Waals surface area (Å²) in [5.74, 6) is -0.431. The number of halogens is 2. The molecule has 2 rings (SSSR count). The van der Waals surface area contributed by atoms with Crippen LogP contribution in [0.15, 0.2) is 24.4 Å². The lowest BCUT2D eigenvalue weighted by Crippen LogP contribution is -2.16. The summed E-state index contributed by atoms with van der Waals surface area (Å²) >= 11 is 11.1. The van der Waals surface area contributed by atoms with Gasteiger partial charge in [-0.3, -0.25) is 4.57 Å². The molecule has 0 aliphatic carbocycles. The second-order valence-corrected chi connectivity index (χ2v) is 5.96. The summed E-state index contributed by atoms with van der Waals surface area (Å²) in [6.07, 6.45) is 1.87. The van der Waals surface area contributed by atoms with Crippen LogP contribution >= 0.6 is 23.8 Å². The molecule has 0 aliphatic heterocycles. The van der Waals surface area contributed by atoms with E-state index in [0.717, 1.165) is 11.4 Å². The van der Waals surface area contributed by atoms with E-state index in [0.29, 0.717) is 4.77 Å². The maximum atomic E-state index is 13.2. The highest BCUT2D eigenvalue weighted by Gasteiger charge is 2.20. The maximum absolute atomic E-state index is 13.2. The number of H-pyrrole nitrogens is 1. The molecule has 2 aromatic rings. The van der Waals surface area contributed by atoms with E-state index >= 15 is 0 Å². The number of imidazole rings is 1. The molecule has 0 spiro atoms. The van der Waals surface area contributed by atoms with Gasteiger partial charge in [-0.05, 0) is 30.4 Å². The van der Waals surface area contributed by atoms with Crippen LogP contribution in [0.5, 0.6) is 0 Å². The molecule has 2 nitrogen and oxygen atoms in total. The molecule has 1 aromatic heterocycles. The summed E-state index contributed by atoms with van der Waals surface area (Å²) < 4.78 is 15.6. The molecule has 1 N–H and O–H groups in total. The molecular formula is C13H14ClFN2S. The minimum Gasteiger partial charge on any atom is -0.337 e. The van der Waals surface area contributed by atoms with Crippen LogP contribution in [0.4, 0.5) is 4.39 Å². The van der Waals surface area contributed by atoms with E-state index in [9.17, 15) is 4.39 Å². The van der Waals surface area contributed by atoms with Gasteiger partial charge in [0, 0.05) is 23.0 Å². The molecule has 0 radical (unpaired) electrons. The lowest BCUT2D eigenvalue weighted by molar-refractivity contribution is 0.555. The van der Waals surface area contributed by atoms with Gasteiger partial charge in [-0.2, -0.15) is 0 Å². The zero-order valence-electron chi connectivity index (χ0n) is 10.4. The number of hydrogen-bond acceptors (Lipinski definition) is 1. The van der Waals surface area contributed by atoms with Crippen LogP contribution in [-0.2, 0) is 5.41 Å². The Labute approximate surface area is 115 Å². The third kappa shape index (κ3) is 2.35. The number of benzene rings is 1. The average Bonchev–Trinajstić information content (AvgIpc) is 2.64. The molecule has 1 aromatic carbocycles. The number of aromatic nitrogens is 2. The normalized spacial score (nSPS) is 11.8. The first-order valence-corrected chi connectivity index (χ1v) is 6.35. The second-order valence-electron chi connectivity index (χ2n) is 5.16. The molecule has 0 aliphatic rings. The summed E-state index contributed by atoms with van der Waals surface area (Å²) in [5, 5.41) is 0.0930. The molecular weight excluding hydrogens is 271 g/mol. The Balaban J connectivity index is 2.67. The van der Waals surface area contributed by atoms with E-state index < -0.39 is 5.82 Å². The molecule has 0 fully saturated rings. The minimum absolute atomic E-state index is 0.0750. The van der Waals surface area contributed by atoms with Gasteiger partial charge >= 0.3 is 0 Å². The van der Waals surface area contributed by atoms with Gasteiger partial charge in [-0.15, -0.1) is 0 Å². The van der Waals surface area contributed by atoms with Gasteiger partial charge in [0.1, 0.15) is 5.82 Å². The van der Waals surface area contributed by atoms with Crippen LogP contribution in [0.3, 0.4) is 0 Å². The molecule has 96 valence electrons. The first kappa shape index (κ1) is 13.3. The van der Waals surface area contributed by atoms with Gasteiger partial charge in [0.2, 0.25) is 0 Å². The molecule has 0 amide bonds. The Bertz CT molecular complexity index is 637. The van der Waals surface area contributed by atoms with Crippen LogP contribution in [0.25, 0.3) is 5.69 Å². The molecule has 0 unspecified atom stereocenters. The molecule has 18 heavy (non-hydrogen) atoms. The van der Waals surface area contributed by atoms with Gasteiger partial charge in [0.15, 0.2) is 4.77 Å². The highest BCUT2D eigenvalue weighted by atomic mass is 35.5. The molecule has 0 bridgehead atoms. The van der Waals surface area contributed by atoms with Crippen LogP contribution < -0.4 is 0 Å². The number of rotatable bonds is 1. The van der Waals surface area contributed by atoms with E-state index in [-0.39, 0.29) is 10.4 Å². The summed E-state index contributed by atoms with van der Waals surface area (Å²) in [4.78, 5) is 3.02. The van der Waals surface area contributed by atoms with Gasteiger partial charge in [0.25, 0.3) is 0 Å². The molecule has 0 saturated carbocycles. The Hall–Kier alpha value is -1.13. The van der Waals surface area contributed by atoms with Crippen molar-refractivity contribution in [2.45, 2.75) is 26.2 Å². The third-order valence-electron chi connectivity index (χ3n) is 2.71. The molecule has 1 heterocycles. The van der Waals surface area contributed by atoms with Crippen LogP contribution in [-0.4, -0.2) is 9.55 Å². The van der Waals surface area contributed by atoms with E-state index in [2.05, 4.69) is 25.8 Å². The fourth-order valence-electron chi connectivity index (χ4n) is 1.80. The number of hydrogen-bond donors (Lipinski definition) is 1. The zero-order valence-corrected chi connectivity index (χ0v) is 12.0. The fourth-order valence-corrected chi connectivity index (χ4v) is 2.24. The largest absolute Gasteiger partial charge is 0.337 e. The average molecular weight is 285 g/mol. The Kier molecular flexibility index (Phi) is 3.34. The summed E-state index contributed by atoms with van der Waals surface area (Å²) in [7, 11) is 0. The quantitative estimate of drug-likeness (QED) is 0.758. The van der Waals surface area contributed by atoms with Crippen LogP contribution in [0.1, 0.15) is 26.5 Å². The predicted octanol–water partition coefficient (Wildman–Crippen LogP) is 4.62. The van der Waals surface area contributed by atoms with Crippen molar-refractivity contribution in [3.8, 4) is 5.69 Å². The van der Waals surface area contributed by atoms with Crippen molar-refractivity contribution in [3.05, 3.63) is 45.7 Å². The van der Waals surface area contributed by atoms with Crippen molar-refractivity contribution in [2.24, 2.45) is 0 Å². The smallest absolute Gasteiger partial charge is 0.182 e. The van der Waals surface area contributed by atoms with Gasteiger partial charge in [0.05, 0.1) is 5.02 Å². The van der Waals surface area contributed by atoms with E-state index in [4.69, 9.17) is 23.8 Å². The first-order valence-electron chi connectivity index (χ1n) is 5.57. The van der Waals surface area contributed by atoms with Gasteiger partial charge in [-0.1, -0.05) is 32.4 Å². The van der Waals surface area contributed by atoms with Crippen molar-refractivity contribution in [1.29, 1.82) is 0 Å². The first-order chi connectivity index (χ1) is 8.30. The topological polar surface area (TPSA) is 20.7 Å². The molecule has 5 heteroatoms. The van der Waals surface area contributed by atoms with E-state index in [1.165, 1.54) is 6.07 Å². The second kappa shape index (κ2) is 4.52. The zero-order chi connectivity index (χ0) is 13.5. The lowest BCUT2D eigenvalue weighted by atomic mass is 9.92. The van der Waals surface area contributed by atoms with Crippen molar-refractivity contribution in [2.75, 3.05) is 0 Å². The number of nitrogens with zero attached hydrogens (tertiary/aromatic N) is 1. The van der Waals surface area contributed by atoms with E-state index in [1.54, 1.807) is 12.1 Å². The SMILES string of the molecule is CC(C)(C)c1c[nH]c(=S)n1-c1ccc(F)c(Cl)c1. The van der Waals surface area contributed by atoms with Crippen molar-refractivity contribution in [1.82, 2.24) is 9.55 Å². The molecule has 0 atom stereocenters. The standard InChI is InChI=1S/C13H14ClFN2S/c1-13(2,3)11-7-16-12(18)17(11)8-4-5-10(15)9(14)6-8/h4-7H,1-3H3,(H,16,18). The highest BCUT2D eigenvalue weighted by molar-refractivity contribution is 7.71. The summed E-state index contributed by atoms with van der Waals surface area (Å²) in [6, 6.07) is 4.59. The van der Waals surface area contributed by atoms with Crippen molar-refractivity contribution in [3.63, 3.8) is 0 Å². The van der Waals surface area contributed by atoms with Gasteiger partial charge in [-0.25, -0.2) is 4.39 Å². The van der Waals surface area contributed by atoms with Crippen molar-refractivity contribution < 1.29 is 4.39 Å². The Morgan fingerprint density at radius 2 is 2.00 bits per heavy atom. The van der Waals surface area contributed by atoms with Crippen molar-refractivity contribution >= 4 is 23.8 Å². The lowest BCUT2D eigenvalue weighted by Gasteiger charge is -2.20.